The van der Waals surface area contributed by atoms with E-state index in [1.54, 1.807) is 39.0 Å². The number of hydrogen-bond donors (Lipinski definition) is 1. The topological polar surface area (TPSA) is 95.7 Å². The molecule has 0 spiro atoms. The van der Waals surface area contributed by atoms with Crippen molar-refractivity contribution in [3.8, 4) is 0 Å². The van der Waals surface area contributed by atoms with Gasteiger partial charge < -0.3 is 14.8 Å². The van der Waals surface area contributed by atoms with Crippen LogP contribution in [0, 0.1) is 6.92 Å². The molecule has 24 heavy (non-hydrogen) atoms. The Labute approximate surface area is 146 Å². The molecule has 132 valence electrons. The van der Waals surface area contributed by atoms with Crippen molar-refractivity contribution in [2.45, 2.75) is 30.6 Å². The molecule has 0 atom stereocenters. The number of nitrogens with two attached hydrogens (primary N) is 1. The van der Waals surface area contributed by atoms with Crippen LogP contribution in [0.5, 0.6) is 0 Å². The lowest BCUT2D eigenvalue weighted by Crippen LogP contribution is -2.12. The molecule has 1 aromatic heterocycles. The Hall–Kier alpha value is -1.18. The van der Waals surface area contributed by atoms with Gasteiger partial charge in [0, 0.05) is 0 Å². The first-order chi connectivity index (χ1) is 11.3. The van der Waals surface area contributed by atoms with Crippen LogP contribution in [0.2, 0.25) is 0 Å². The fourth-order valence-electron chi connectivity index (χ4n) is 2.32. The average Bonchev–Trinajstić information content (AvgIpc) is 2.84. The number of thiophene rings is 1. The Morgan fingerprint density at radius 2 is 1.67 bits per heavy atom. The van der Waals surface area contributed by atoms with Gasteiger partial charge >= 0.3 is 7.60 Å². The molecule has 0 aliphatic carbocycles. The number of anilines is 1. The summed E-state index contributed by atoms with van der Waals surface area (Å²) in [6, 6.07) is 7.99. The molecule has 0 radical (unpaired) electrons. The highest BCUT2D eigenvalue weighted by Gasteiger charge is 2.36. The quantitative estimate of drug-likeness (QED) is 0.730. The molecule has 6 nitrogen and oxygen atoms in total. The van der Waals surface area contributed by atoms with Crippen LogP contribution in [0.15, 0.2) is 40.1 Å². The van der Waals surface area contributed by atoms with Gasteiger partial charge in [-0.15, -0.1) is 11.3 Å². The standard InChI is InChI=1S/C15H20NO5PS2/c1-4-20-22(17,21-5-2)15-11(3)13(14(16)23-15)24(18,19)12-9-7-6-8-10-12/h6-10H,4-5,16H2,1-3H3. The summed E-state index contributed by atoms with van der Waals surface area (Å²) in [6.45, 7) is 5.31. The van der Waals surface area contributed by atoms with E-state index in [0.29, 0.717) is 5.56 Å². The van der Waals surface area contributed by atoms with Crippen molar-refractivity contribution in [1.29, 1.82) is 0 Å². The van der Waals surface area contributed by atoms with Crippen LogP contribution in [0.1, 0.15) is 19.4 Å². The van der Waals surface area contributed by atoms with Crippen LogP contribution >= 0.6 is 18.9 Å². The van der Waals surface area contributed by atoms with Crippen molar-refractivity contribution in [3.05, 3.63) is 35.9 Å². The van der Waals surface area contributed by atoms with E-state index in [9.17, 15) is 13.0 Å². The van der Waals surface area contributed by atoms with Gasteiger partial charge in [-0.1, -0.05) is 18.2 Å². The van der Waals surface area contributed by atoms with Crippen molar-refractivity contribution in [2.75, 3.05) is 18.9 Å². The zero-order chi connectivity index (χ0) is 18.0. The summed E-state index contributed by atoms with van der Waals surface area (Å²) in [6.07, 6.45) is 0. The Morgan fingerprint density at radius 3 is 2.17 bits per heavy atom. The molecule has 0 amide bonds. The minimum atomic E-state index is -3.82. The monoisotopic (exact) mass is 389 g/mol. The smallest absolute Gasteiger partial charge is 0.371 e. The number of hydrogen-bond acceptors (Lipinski definition) is 7. The summed E-state index contributed by atoms with van der Waals surface area (Å²) < 4.78 is 49.6. The molecular formula is C15H20NO5PS2. The van der Waals surface area contributed by atoms with Crippen molar-refractivity contribution in [1.82, 2.24) is 0 Å². The van der Waals surface area contributed by atoms with Crippen LogP contribution in [0.3, 0.4) is 0 Å². The first-order valence-corrected chi connectivity index (χ1v) is 11.2. The van der Waals surface area contributed by atoms with E-state index >= 15 is 0 Å². The number of nitrogen functional groups attached to an aromatic ring is 1. The molecule has 0 unspecified atom stereocenters. The second kappa shape index (κ2) is 7.37. The highest BCUT2D eigenvalue weighted by Crippen LogP contribution is 2.52. The molecule has 1 aromatic carbocycles. The van der Waals surface area contributed by atoms with Crippen molar-refractivity contribution in [3.63, 3.8) is 0 Å². The van der Waals surface area contributed by atoms with Crippen LogP contribution in [-0.2, 0) is 23.4 Å². The van der Waals surface area contributed by atoms with Crippen molar-refractivity contribution in [2.24, 2.45) is 0 Å². The van der Waals surface area contributed by atoms with E-state index < -0.39 is 17.4 Å². The third-order valence-corrected chi connectivity index (χ3v) is 9.24. The maximum absolute atomic E-state index is 13.0. The lowest BCUT2D eigenvalue weighted by Gasteiger charge is -2.16. The summed E-state index contributed by atoms with van der Waals surface area (Å²) in [7, 11) is -7.42. The van der Waals surface area contributed by atoms with Crippen LogP contribution in [0.4, 0.5) is 5.00 Å². The zero-order valence-corrected chi connectivity index (χ0v) is 16.2. The summed E-state index contributed by atoms with van der Waals surface area (Å²) in [4.78, 5) is 0.0973. The molecule has 0 bridgehead atoms. The third-order valence-electron chi connectivity index (χ3n) is 3.26. The predicted molar refractivity (Wildman–Crippen MR) is 95.9 cm³/mol. The first kappa shape index (κ1) is 19.1. The van der Waals surface area contributed by atoms with Gasteiger partial charge in [-0.3, -0.25) is 4.57 Å². The third kappa shape index (κ3) is 3.43. The van der Waals surface area contributed by atoms with Gasteiger partial charge in [0.25, 0.3) is 0 Å². The lowest BCUT2D eigenvalue weighted by atomic mass is 10.4. The second-order valence-electron chi connectivity index (χ2n) is 4.88. The summed E-state index contributed by atoms with van der Waals surface area (Å²) in [5.41, 5.74) is 6.27. The molecule has 0 aliphatic rings. The molecule has 0 saturated carbocycles. The minimum Gasteiger partial charge on any atom is -0.389 e. The van der Waals surface area contributed by atoms with E-state index in [2.05, 4.69) is 0 Å². The molecule has 0 saturated heterocycles. The fourth-order valence-corrected chi connectivity index (χ4v) is 7.71. The predicted octanol–water partition coefficient (Wildman–Crippen LogP) is 3.36. The highest BCUT2D eigenvalue weighted by atomic mass is 32.2. The molecular weight excluding hydrogens is 369 g/mol. The van der Waals surface area contributed by atoms with Gasteiger partial charge in [0.2, 0.25) is 9.84 Å². The van der Waals surface area contributed by atoms with E-state index in [-0.39, 0.29) is 32.6 Å². The summed E-state index contributed by atoms with van der Waals surface area (Å²) in [5.74, 6) is 0. The zero-order valence-electron chi connectivity index (χ0n) is 13.7. The maximum atomic E-state index is 13.0. The Morgan fingerprint density at radius 1 is 1.12 bits per heavy atom. The summed E-state index contributed by atoms with van der Waals surface area (Å²) in [5, 5.41) is 0.0750. The minimum absolute atomic E-state index is 0.0340. The van der Waals surface area contributed by atoms with Crippen LogP contribution < -0.4 is 10.4 Å². The highest BCUT2D eigenvalue weighted by molar-refractivity contribution is 7.92. The van der Waals surface area contributed by atoms with E-state index in [4.69, 9.17) is 14.8 Å². The molecule has 9 heteroatoms. The lowest BCUT2D eigenvalue weighted by molar-refractivity contribution is 0.230. The molecule has 2 rings (SSSR count). The van der Waals surface area contributed by atoms with Crippen molar-refractivity contribution >= 4 is 38.4 Å². The van der Waals surface area contributed by atoms with Gasteiger partial charge in [-0.05, 0) is 38.5 Å². The Balaban J connectivity index is 2.64. The number of rotatable bonds is 7. The van der Waals surface area contributed by atoms with Gasteiger partial charge in [-0.2, -0.15) is 0 Å². The molecule has 0 aliphatic heterocycles. The average molecular weight is 389 g/mol. The first-order valence-electron chi connectivity index (χ1n) is 7.36. The number of sulfone groups is 1. The molecule has 2 aromatic rings. The molecule has 1 heterocycles. The maximum Gasteiger partial charge on any atom is 0.371 e. The molecule has 2 N–H and O–H groups in total. The fraction of sp³-hybridized carbons (Fsp3) is 0.333. The number of benzene rings is 1. The van der Waals surface area contributed by atoms with Gasteiger partial charge in [0.05, 0.1) is 18.1 Å². The van der Waals surface area contributed by atoms with Gasteiger partial charge in [0.15, 0.2) is 0 Å². The second-order valence-corrected chi connectivity index (χ2v) is 10.1. The largest absolute Gasteiger partial charge is 0.389 e. The van der Waals surface area contributed by atoms with E-state index in [0.717, 1.165) is 11.3 Å². The van der Waals surface area contributed by atoms with Crippen LogP contribution in [0.25, 0.3) is 0 Å². The van der Waals surface area contributed by atoms with E-state index in [1.165, 1.54) is 12.1 Å². The molecule has 0 fully saturated rings. The Bertz CT molecular complexity index is 851. The van der Waals surface area contributed by atoms with E-state index in [1.807, 2.05) is 0 Å². The van der Waals surface area contributed by atoms with Crippen molar-refractivity contribution < 1.29 is 22.0 Å². The summed E-state index contributed by atoms with van der Waals surface area (Å²) >= 11 is 0.935. The normalized spacial score (nSPS) is 12.5. The Kier molecular flexibility index (Phi) is 5.88. The van der Waals surface area contributed by atoms with Gasteiger partial charge in [0.1, 0.15) is 14.5 Å². The van der Waals surface area contributed by atoms with Gasteiger partial charge in [-0.25, -0.2) is 8.42 Å². The van der Waals surface area contributed by atoms with Crippen LogP contribution in [-0.4, -0.2) is 21.6 Å². The SMILES string of the molecule is CCOP(=O)(OCC)c1sc(N)c(S(=O)(=O)c2ccccc2)c1C.